The van der Waals surface area contributed by atoms with Crippen LogP contribution in [0.5, 0.6) is 0 Å². The minimum atomic E-state index is -0.448. The normalized spacial score (nSPS) is 10.1. The van der Waals surface area contributed by atoms with Crippen LogP contribution in [-0.4, -0.2) is 17.0 Å². The van der Waals surface area contributed by atoms with Crippen molar-refractivity contribution in [2.24, 2.45) is 0 Å². The maximum absolute atomic E-state index is 13.3. The first-order valence-corrected chi connectivity index (χ1v) is 6.61. The van der Waals surface area contributed by atoms with E-state index in [2.05, 4.69) is 5.32 Å². The molecule has 0 aromatic heterocycles. The zero-order valence-electron chi connectivity index (χ0n) is 11.2. The molecule has 0 unspecified atom stereocenters. The molecule has 0 heterocycles. The summed E-state index contributed by atoms with van der Waals surface area (Å²) in [6, 6.07) is 6.03. The van der Waals surface area contributed by atoms with Gasteiger partial charge in [-0.25, -0.2) is 9.87 Å². The van der Waals surface area contributed by atoms with E-state index in [9.17, 15) is 14.0 Å². The number of carbonyl (C=O) groups is 2. The van der Waals surface area contributed by atoms with Crippen molar-refractivity contribution in [2.75, 3.05) is 5.32 Å². The van der Waals surface area contributed by atoms with Crippen molar-refractivity contribution >= 4 is 17.5 Å². The highest BCUT2D eigenvalue weighted by atomic mass is 19.1. The summed E-state index contributed by atoms with van der Waals surface area (Å²) in [5.41, 5.74) is 1.76. The Morgan fingerprint density at radius 3 is 2.20 bits per heavy atom. The van der Waals surface area contributed by atoms with Crippen LogP contribution in [-0.2, 0) is 9.59 Å². The van der Waals surface area contributed by atoms with E-state index in [4.69, 9.17) is 5.21 Å². The average molecular weight is 282 g/mol. The van der Waals surface area contributed by atoms with Gasteiger partial charge < -0.3 is 5.32 Å². The van der Waals surface area contributed by atoms with Gasteiger partial charge in [0.15, 0.2) is 0 Å². The molecular formula is C14H19FN2O3. The summed E-state index contributed by atoms with van der Waals surface area (Å²) in [7, 11) is 0. The molecule has 0 aliphatic carbocycles. The predicted octanol–water partition coefficient (Wildman–Crippen LogP) is 2.61. The van der Waals surface area contributed by atoms with Crippen molar-refractivity contribution in [3.63, 3.8) is 0 Å². The van der Waals surface area contributed by atoms with Crippen molar-refractivity contribution in [2.45, 2.75) is 38.5 Å². The van der Waals surface area contributed by atoms with Gasteiger partial charge in [0.25, 0.3) is 0 Å². The summed E-state index contributed by atoms with van der Waals surface area (Å²) >= 11 is 0. The molecule has 0 bridgehead atoms. The number of amides is 2. The van der Waals surface area contributed by atoms with E-state index in [1.807, 2.05) is 0 Å². The molecule has 3 N–H and O–H groups in total. The minimum absolute atomic E-state index is 0.192. The fourth-order valence-corrected chi connectivity index (χ4v) is 1.76. The molecule has 0 aliphatic rings. The lowest BCUT2D eigenvalue weighted by atomic mass is 10.1. The fourth-order valence-electron chi connectivity index (χ4n) is 1.76. The number of unbranched alkanes of at least 4 members (excludes halogenated alkanes) is 3. The van der Waals surface area contributed by atoms with E-state index in [1.165, 1.54) is 12.1 Å². The van der Waals surface area contributed by atoms with E-state index in [-0.39, 0.29) is 18.0 Å². The number of halogens is 1. The van der Waals surface area contributed by atoms with Gasteiger partial charge in [-0.15, -0.1) is 0 Å². The zero-order chi connectivity index (χ0) is 14.8. The number of hydrogen-bond acceptors (Lipinski definition) is 3. The third-order valence-electron chi connectivity index (χ3n) is 2.83. The molecule has 0 spiro atoms. The van der Waals surface area contributed by atoms with Gasteiger partial charge in [0.1, 0.15) is 5.82 Å². The first-order valence-electron chi connectivity index (χ1n) is 6.61. The zero-order valence-corrected chi connectivity index (χ0v) is 11.2. The highest BCUT2D eigenvalue weighted by molar-refractivity contribution is 5.90. The maximum atomic E-state index is 13.3. The Morgan fingerprint density at radius 1 is 1.00 bits per heavy atom. The van der Waals surface area contributed by atoms with Gasteiger partial charge >= 0.3 is 0 Å². The lowest BCUT2D eigenvalue weighted by Gasteiger charge is -2.06. The van der Waals surface area contributed by atoms with Crippen molar-refractivity contribution in [1.82, 2.24) is 5.48 Å². The first kappa shape index (κ1) is 16.1. The maximum Gasteiger partial charge on any atom is 0.243 e. The van der Waals surface area contributed by atoms with Crippen LogP contribution in [0, 0.1) is 5.82 Å². The summed E-state index contributed by atoms with van der Waals surface area (Å²) in [5.74, 6) is -1.07. The van der Waals surface area contributed by atoms with Crippen LogP contribution in [0.25, 0.3) is 0 Å². The highest BCUT2D eigenvalue weighted by Gasteiger charge is 2.06. The molecule has 0 saturated heterocycles. The van der Waals surface area contributed by atoms with Crippen LogP contribution in [0.1, 0.15) is 38.5 Å². The number of nitrogens with one attached hydrogen (secondary N) is 2. The van der Waals surface area contributed by atoms with E-state index < -0.39 is 11.7 Å². The summed E-state index contributed by atoms with van der Waals surface area (Å²) in [4.78, 5) is 22.3. The van der Waals surface area contributed by atoms with Crippen LogP contribution in [0.15, 0.2) is 24.3 Å². The molecule has 0 fully saturated rings. The Balaban J connectivity index is 2.12. The predicted molar refractivity (Wildman–Crippen MR) is 72.7 cm³/mol. The monoisotopic (exact) mass is 282 g/mol. The van der Waals surface area contributed by atoms with Gasteiger partial charge in [0.2, 0.25) is 11.8 Å². The standard InChI is InChI=1S/C14H19FN2O3/c15-11-7-5-6-8-12(11)16-13(18)9-3-1-2-4-10-14(19)17-20/h5-8,20H,1-4,9-10H2,(H,16,18)(H,17,19). The van der Waals surface area contributed by atoms with Crippen molar-refractivity contribution in [3.8, 4) is 0 Å². The Hall–Kier alpha value is -1.95. The van der Waals surface area contributed by atoms with Gasteiger partial charge in [0.05, 0.1) is 5.69 Å². The molecule has 0 saturated carbocycles. The largest absolute Gasteiger partial charge is 0.324 e. The van der Waals surface area contributed by atoms with Crippen LogP contribution >= 0.6 is 0 Å². The Bertz CT molecular complexity index is 452. The summed E-state index contributed by atoms with van der Waals surface area (Å²) < 4.78 is 13.3. The molecular weight excluding hydrogens is 263 g/mol. The molecule has 1 aromatic carbocycles. The van der Waals surface area contributed by atoms with Crippen molar-refractivity contribution in [3.05, 3.63) is 30.1 Å². The number of benzene rings is 1. The molecule has 6 heteroatoms. The Morgan fingerprint density at radius 2 is 1.60 bits per heavy atom. The smallest absolute Gasteiger partial charge is 0.243 e. The molecule has 0 aliphatic heterocycles. The molecule has 1 rings (SSSR count). The number of para-hydroxylation sites is 1. The quantitative estimate of drug-likeness (QED) is 0.389. The molecule has 0 atom stereocenters. The lowest BCUT2D eigenvalue weighted by Crippen LogP contribution is -2.17. The number of carbonyl (C=O) groups excluding carboxylic acids is 2. The molecule has 5 nitrogen and oxygen atoms in total. The van der Waals surface area contributed by atoms with Gasteiger partial charge in [-0.2, -0.15) is 0 Å². The molecule has 2 amide bonds. The summed E-state index contributed by atoms with van der Waals surface area (Å²) in [6.45, 7) is 0. The Labute approximate surface area is 117 Å². The van der Waals surface area contributed by atoms with Crippen LogP contribution < -0.4 is 10.8 Å². The Kier molecular flexibility index (Phi) is 7.27. The second kappa shape index (κ2) is 9.03. The second-order valence-corrected chi connectivity index (χ2v) is 4.48. The summed E-state index contributed by atoms with van der Waals surface area (Å²) in [5, 5.41) is 10.8. The molecule has 20 heavy (non-hydrogen) atoms. The van der Waals surface area contributed by atoms with E-state index in [1.54, 1.807) is 17.6 Å². The van der Waals surface area contributed by atoms with Crippen molar-refractivity contribution < 1.29 is 19.2 Å². The number of hydroxylamine groups is 1. The van der Waals surface area contributed by atoms with Crippen LogP contribution in [0.3, 0.4) is 0 Å². The van der Waals surface area contributed by atoms with Gasteiger partial charge in [-0.3, -0.25) is 14.8 Å². The topological polar surface area (TPSA) is 78.4 Å². The van der Waals surface area contributed by atoms with Crippen LogP contribution in [0.4, 0.5) is 10.1 Å². The SMILES string of the molecule is O=C(CCCCCCC(=O)Nc1ccccc1F)NO. The van der Waals surface area contributed by atoms with Crippen molar-refractivity contribution in [1.29, 1.82) is 0 Å². The molecule has 0 radical (unpaired) electrons. The van der Waals surface area contributed by atoms with Gasteiger partial charge in [0, 0.05) is 12.8 Å². The summed E-state index contributed by atoms with van der Waals surface area (Å²) in [6.07, 6.45) is 3.56. The lowest BCUT2D eigenvalue weighted by molar-refractivity contribution is -0.129. The van der Waals surface area contributed by atoms with Crippen LogP contribution in [0.2, 0.25) is 0 Å². The van der Waals surface area contributed by atoms with E-state index >= 15 is 0 Å². The average Bonchev–Trinajstić information content (AvgIpc) is 2.44. The number of anilines is 1. The minimum Gasteiger partial charge on any atom is -0.324 e. The number of rotatable bonds is 8. The van der Waals surface area contributed by atoms with E-state index in [0.29, 0.717) is 19.3 Å². The third kappa shape index (κ3) is 6.29. The van der Waals surface area contributed by atoms with Gasteiger partial charge in [-0.1, -0.05) is 25.0 Å². The third-order valence-corrected chi connectivity index (χ3v) is 2.83. The van der Waals surface area contributed by atoms with Gasteiger partial charge in [-0.05, 0) is 25.0 Å². The fraction of sp³-hybridized carbons (Fsp3) is 0.429. The highest BCUT2D eigenvalue weighted by Crippen LogP contribution is 2.13. The number of hydrogen-bond donors (Lipinski definition) is 3. The molecule has 1 aromatic rings. The molecule has 110 valence electrons. The van der Waals surface area contributed by atoms with E-state index in [0.717, 1.165) is 12.8 Å². The first-order chi connectivity index (χ1) is 9.63. The second-order valence-electron chi connectivity index (χ2n) is 4.48.